The van der Waals surface area contributed by atoms with Crippen LogP contribution in [-0.4, -0.2) is 22.3 Å². The average Bonchev–Trinajstić information content (AvgIpc) is 2.74. The molecule has 1 aromatic rings. The molecule has 106 valence electrons. The summed E-state index contributed by atoms with van der Waals surface area (Å²) in [6.07, 6.45) is -1.93. The molecule has 19 heavy (non-hydrogen) atoms. The van der Waals surface area contributed by atoms with E-state index in [0.717, 1.165) is 5.56 Å². The van der Waals surface area contributed by atoms with Gasteiger partial charge in [0.2, 0.25) is 5.91 Å². The van der Waals surface area contributed by atoms with Crippen LogP contribution in [0.25, 0.3) is 0 Å². The normalized spacial score (nSPS) is 24.2. The van der Waals surface area contributed by atoms with E-state index in [-0.39, 0.29) is 37.5 Å². The number of alkyl halides is 3. The van der Waals surface area contributed by atoms with E-state index in [1.165, 1.54) is 0 Å². The highest BCUT2D eigenvalue weighted by molar-refractivity contribution is 5.92. The van der Waals surface area contributed by atoms with Crippen LogP contribution < -0.4 is 5.32 Å². The number of aromatic nitrogens is 2. The lowest BCUT2D eigenvalue weighted by Crippen LogP contribution is -2.32. The molecule has 0 bridgehead atoms. The maximum atomic E-state index is 12.5. The summed E-state index contributed by atoms with van der Waals surface area (Å²) in [5.74, 6) is -1.32. The summed E-state index contributed by atoms with van der Waals surface area (Å²) in [6.45, 7) is 1.79. The highest BCUT2D eigenvalue weighted by atomic mass is 19.4. The Morgan fingerprint density at radius 1 is 1.37 bits per heavy atom. The largest absolute Gasteiger partial charge is 0.391 e. The van der Waals surface area contributed by atoms with Crippen molar-refractivity contribution in [2.24, 2.45) is 11.8 Å². The van der Waals surface area contributed by atoms with E-state index in [1.807, 2.05) is 0 Å². The van der Waals surface area contributed by atoms with E-state index in [1.54, 1.807) is 13.1 Å². The van der Waals surface area contributed by atoms with Crippen LogP contribution in [0.15, 0.2) is 6.20 Å². The van der Waals surface area contributed by atoms with Crippen LogP contribution in [0, 0.1) is 18.8 Å². The average molecular weight is 275 g/mol. The quantitative estimate of drug-likeness (QED) is 0.871. The number of nitrogens with one attached hydrogen (secondary N) is 2. The van der Waals surface area contributed by atoms with Gasteiger partial charge >= 0.3 is 6.18 Å². The third kappa shape index (κ3) is 3.27. The second kappa shape index (κ2) is 5.22. The number of hydrogen-bond acceptors (Lipinski definition) is 2. The molecule has 1 fully saturated rings. The molecule has 0 aromatic carbocycles. The summed E-state index contributed by atoms with van der Waals surface area (Å²) in [5.41, 5.74) is 0.803. The van der Waals surface area contributed by atoms with E-state index in [4.69, 9.17) is 0 Å². The van der Waals surface area contributed by atoms with Gasteiger partial charge in [0, 0.05) is 11.5 Å². The topological polar surface area (TPSA) is 57.8 Å². The minimum absolute atomic E-state index is 0.0313. The Morgan fingerprint density at radius 3 is 2.47 bits per heavy atom. The summed E-state index contributed by atoms with van der Waals surface area (Å²) < 4.78 is 37.5. The number of H-pyrrole nitrogens is 1. The number of halogens is 3. The van der Waals surface area contributed by atoms with E-state index < -0.39 is 12.1 Å². The molecule has 1 saturated carbocycles. The first kappa shape index (κ1) is 13.9. The number of aryl methyl sites for hydroxylation is 1. The van der Waals surface area contributed by atoms with Gasteiger partial charge in [0.25, 0.3) is 0 Å². The second-order valence-electron chi connectivity index (χ2n) is 5.01. The zero-order chi connectivity index (χ0) is 14.0. The molecule has 1 amide bonds. The van der Waals surface area contributed by atoms with E-state index in [9.17, 15) is 18.0 Å². The van der Waals surface area contributed by atoms with Crippen LogP contribution in [0.4, 0.5) is 19.0 Å². The molecule has 0 aliphatic heterocycles. The molecular weight excluding hydrogens is 259 g/mol. The predicted molar refractivity (Wildman–Crippen MR) is 63.5 cm³/mol. The van der Waals surface area contributed by atoms with Crippen molar-refractivity contribution in [2.75, 3.05) is 5.32 Å². The molecule has 1 aromatic heterocycles. The van der Waals surface area contributed by atoms with Crippen molar-refractivity contribution >= 4 is 11.7 Å². The van der Waals surface area contributed by atoms with Crippen molar-refractivity contribution in [3.63, 3.8) is 0 Å². The van der Waals surface area contributed by atoms with Gasteiger partial charge in [0.1, 0.15) is 5.82 Å². The standard InChI is InChI=1S/C12H16F3N3O/c1-7-6-16-18-10(7)17-11(19)8-2-4-9(5-3-8)12(13,14)15/h6,8-9H,2-5H2,1H3,(H2,16,17,18,19). The van der Waals surface area contributed by atoms with Crippen LogP contribution in [0.2, 0.25) is 0 Å². The summed E-state index contributed by atoms with van der Waals surface area (Å²) in [6, 6.07) is 0. The Balaban J connectivity index is 1.88. The number of rotatable bonds is 2. The molecule has 7 heteroatoms. The molecule has 1 heterocycles. The molecule has 0 unspecified atom stereocenters. The third-order valence-electron chi connectivity index (χ3n) is 3.64. The van der Waals surface area contributed by atoms with Crippen molar-refractivity contribution < 1.29 is 18.0 Å². The Kier molecular flexibility index (Phi) is 3.82. The first-order valence-corrected chi connectivity index (χ1v) is 6.25. The van der Waals surface area contributed by atoms with Crippen LogP contribution >= 0.6 is 0 Å². The maximum absolute atomic E-state index is 12.5. The van der Waals surface area contributed by atoms with Gasteiger partial charge in [-0.3, -0.25) is 9.89 Å². The molecule has 1 aliphatic rings. The van der Waals surface area contributed by atoms with Crippen molar-refractivity contribution in [3.05, 3.63) is 11.8 Å². The lowest BCUT2D eigenvalue weighted by atomic mass is 9.81. The molecule has 2 N–H and O–H groups in total. The summed E-state index contributed by atoms with van der Waals surface area (Å²) in [4.78, 5) is 11.9. The first-order valence-electron chi connectivity index (χ1n) is 6.25. The fraction of sp³-hybridized carbons (Fsp3) is 0.667. The Bertz CT molecular complexity index is 447. The number of amides is 1. The van der Waals surface area contributed by atoms with Gasteiger partial charge in [-0.15, -0.1) is 0 Å². The van der Waals surface area contributed by atoms with Crippen molar-refractivity contribution in [1.29, 1.82) is 0 Å². The monoisotopic (exact) mass is 275 g/mol. The van der Waals surface area contributed by atoms with Gasteiger partial charge < -0.3 is 5.32 Å². The number of carbonyl (C=O) groups is 1. The molecule has 2 rings (SSSR count). The molecule has 0 atom stereocenters. The lowest BCUT2D eigenvalue weighted by Gasteiger charge is -2.28. The van der Waals surface area contributed by atoms with Crippen LogP contribution in [0.3, 0.4) is 0 Å². The highest BCUT2D eigenvalue weighted by Crippen LogP contribution is 2.39. The van der Waals surface area contributed by atoms with E-state index in [2.05, 4.69) is 15.5 Å². The summed E-state index contributed by atoms with van der Waals surface area (Å²) >= 11 is 0. The minimum Gasteiger partial charge on any atom is -0.311 e. The van der Waals surface area contributed by atoms with Crippen LogP contribution in [-0.2, 0) is 4.79 Å². The van der Waals surface area contributed by atoms with Crippen LogP contribution in [0.5, 0.6) is 0 Å². The summed E-state index contributed by atoms with van der Waals surface area (Å²) in [7, 11) is 0. The van der Waals surface area contributed by atoms with Crippen LogP contribution in [0.1, 0.15) is 31.2 Å². The Hall–Kier alpha value is -1.53. The number of nitrogens with zero attached hydrogens (tertiary/aromatic N) is 1. The number of anilines is 1. The molecule has 4 nitrogen and oxygen atoms in total. The zero-order valence-electron chi connectivity index (χ0n) is 10.5. The summed E-state index contributed by atoms with van der Waals surface area (Å²) in [5, 5.41) is 9.10. The maximum Gasteiger partial charge on any atom is 0.391 e. The van der Waals surface area contributed by atoms with E-state index in [0.29, 0.717) is 5.82 Å². The van der Waals surface area contributed by atoms with Crippen molar-refractivity contribution in [2.45, 2.75) is 38.8 Å². The Morgan fingerprint density at radius 2 is 2.00 bits per heavy atom. The lowest BCUT2D eigenvalue weighted by molar-refractivity contribution is -0.184. The third-order valence-corrected chi connectivity index (χ3v) is 3.64. The number of aromatic amines is 1. The van der Waals surface area contributed by atoms with E-state index >= 15 is 0 Å². The zero-order valence-corrected chi connectivity index (χ0v) is 10.5. The molecule has 0 spiro atoms. The van der Waals surface area contributed by atoms with Crippen molar-refractivity contribution in [1.82, 2.24) is 10.2 Å². The van der Waals surface area contributed by atoms with Crippen molar-refractivity contribution in [3.8, 4) is 0 Å². The Labute approximate surface area is 108 Å². The number of carbonyl (C=O) groups excluding carboxylic acids is 1. The van der Waals surface area contributed by atoms with Gasteiger partial charge in [-0.25, -0.2) is 0 Å². The molecular formula is C12H16F3N3O. The van der Waals surface area contributed by atoms with Gasteiger partial charge in [0.05, 0.1) is 12.1 Å². The molecule has 1 aliphatic carbocycles. The first-order chi connectivity index (χ1) is 8.88. The molecule has 0 saturated heterocycles. The fourth-order valence-electron chi connectivity index (χ4n) is 2.38. The highest BCUT2D eigenvalue weighted by Gasteiger charge is 2.42. The SMILES string of the molecule is Cc1cn[nH]c1NC(=O)C1CCC(C(F)(F)F)CC1. The predicted octanol–water partition coefficient (Wildman–Crippen LogP) is 3.03. The van der Waals surface area contributed by atoms with Gasteiger partial charge in [-0.2, -0.15) is 18.3 Å². The second-order valence-corrected chi connectivity index (χ2v) is 5.01. The van der Waals surface area contributed by atoms with Gasteiger partial charge in [-0.05, 0) is 32.6 Å². The minimum atomic E-state index is -4.14. The smallest absolute Gasteiger partial charge is 0.311 e. The molecule has 0 radical (unpaired) electrons. The fourth-order valence-corrected chi connectivity index (χ4v) is 2.38. The van der Waals surface area contributed by atoms with Gasteiger partial charge in [-0.1, -0.05) is 0 Å². The number of hydrogen-bond donors (Lipinski definition) is 2. The van der Waals surface area contributed by atoms with Gasteiger partial charge in [0.15, 0.2) is 0 Å².